The van der Waals surface area contributed by atoms with Crippen molar-refractivity contribution in [3.63, 3.8) is 0 Å². The first-order valence-electron chi connectivity index (χ1n) is 9.40. The van der Waals surface area contributed by atoms with Crippen LogP contribution in [0, 0.1) is 11.6 Å². The van der Waals surface area contributed by atoms with Crippen molar-refractivity contribution in [2.24, 2.45) is 0 Å². The van der Waals surface area contributed by atoms with Crippen molar-refractivity contribution >= 4 is 16.0 Å². The highest BCUT2D eigenvalue weighted by Crippen LogP contribution is 2.27. The number of alkyl halides is 5. The number of halogens is 7. The van der Waals surface area contributed by atoms with Gasteiger partial charge in [-0.3, -0.25) is 0 Å². The normalized spacial score (nSPS) is 13.4. The molecule has 0 saturated heterocycles. The van der Waals surface area contributed by atoms with Crippen molar-refractivity contribution in [1.82, 2.24) is 24.5 Å². The van der Waals surface area contributed by atoms with Gasteiger partial charge in [0.15, 0.2) is 0 Å². The predicted octanol–water partition coefficient (Wildman–Crippen LogP) is 3.72. The van der Waals surface area contributed by atoms with Crippen LogP contribution < -0.4 is 5.32 Å². The van der Waals surface area contributed by atoms with E-state index < -0.39 is 59.3 Å². The monoisotopic (exact) mass is 528 g/mol. The number of aromatic nitrogens is 4. The summed E-state index contributed by atoms with van der Waals surface area (Å²) in [5.74, 6) is -3.73. The maximum Gasteiger partial charge on any atom is 0.402 e. The fourth-order valence-corrected chi connectivity index (χ4v) is 3.64. The van der Waals surface area contributed by atoms with E-state index in [0.29, 0.717) is 12.3 Å². The number of rotatable bonds is 9. The third-order valence-electron chi connectivity index (χ3n) is 4.38. The molecule has 0 aliphatic heterocycles. The molecule has 1 atom stereocenters. The zero-order valence-corrected chi connectivity index (χ0v) is 18.3. The van der Waals surface area contributed by atoms with Gasteiger partial charge in [0.1, 0.15) is 18.2 Å². The van der Waals surface area contributed by atoms with Gasteiger partial charge >= 0.3 is 12.6 Å². The molecule has 0 fully saturated rings. The fourth-order valence-electron chi connectivity index (χ4n) is 2.83. The van der Waals surface area contributed by atoms with Crippen LogP contribution in [0.3, 0.4) is 0 Å². The molecule has 0 saturated carbocycles. The van der Waals surface area contributed by atoms with E-state index in [4.69, 9.17) is 4.42 Å². The quantitative estimate of drug-likeness (QED) is 0.418. The van der Waals surface area contributed by atoms with E-state index in [-0.39, 0.29) is 27.3 Å². The van der Waals surface area contributed by atoms with Gasteiger partial charge in [-0.25, -0.2) is 27.2 Å². The van der Waals surface area contributed by atoms with Crippen molar-refractivity contribution in [1.29, 1.82) is 0 Å². The summed E-state index contributed by atoms with van der Waals surface area (Å²) in [7, 11) is -4.41. The van der Waals surface area contributed by atoms with E-state index in [9.17, 15) is 39.2 Å². The maximum absolute atomic E-state index is 14.4. The smallest absolute Gasteiger partial charge is 0.402 e. The Morgan fingerprint density at radius 3 is 2.29 bits per heavy atom. The Morgan fingerprint density at radius 2 is 1.77 bits per heavy atom. The van der Waals surface area contributed by atoms with E-state index in [0.717, 1.165) is 24.5 Å². The van der Waals surface area contributed by atoms with E-state index in [1.165, 1.54) is 0 Å². The summed E-state index contributed by atoms with van der Waals surface area (Å²) in [5, 5.41) is 9.05. The predicted molar refractivity (Wildman–Crippen MR) is 105 cm³/mol. The second kappa shape index (κ2) is 10.1. The molecule has 2 aromatic heterocycles. The minimum absolute atomic E-state index is 0.00861. The van der Waals surface area contributed by atoms with E-state index in [2.05, 4.69) is 25.5 Å². The zero-order chi connectivity index (χ0) is 26.0. The molecule has 0 spiro atoms. The highest BCUT2D eigenvalue weighted by atomic mass is 32.2. The Morgan fingerprint density at radius 1 is 1.11 bits per heavy atom. The molecule has 1 N–H and O–H groups in total. The van der Waals surface area contributed by atoms with Crippen molar-refractivity contribution in [3.8, 4) is 11.5 Å². The van der Waals surface area contributed by atoms with Crippen LogP contribution in [0.2, 0.25) is 0 Å². The van der Waals surface area contributed by atoms with Gasteiger partial charge in [-0.05, 0) is 6.07 Å². The molecule has 0 aliphatic carbocycles. The summed E-state index contributed by atoms with van der Waals surface area (Å²) >= 11 is 0. The van der Waals surface area contributed by atoms with Crippen LogP contribution in [0.5, 0.6) is 0 Å². The Kier molecular flexibility index (Phi) is 7.59. The fraction of sp³-hybridized carbons (Fsp3) is 0.333. The minimum atomic E-state index is -4.91. The van der Waals surface area contributed by atoms with Crippen LogP contribution in [0.1, 0.15) is 23.9 Å². The number of benzene rings is 1. The SMILES string of the molecule is CS(=O)(=O)N(CC(Nc1ncc(-c2nnc(C(F)F)o2)cn1)c1ccc(F)cc1F)CC(F)(F)F. The maximum atomic E-state index is 14.4. The molecule has 17 heteroatoms. The molecular formula is C18H15F7N6O3S. The first kappa shape index (κ1) is 26.3. The molecule has 1 aromatic carbocycles. The Bertz CT molecular complexity index is 1270. The highest BCUT2D eigenvalue weighted by molar-refractivity contribution is 7.88. The summed E-state index contributed by atoms with van der Waals surface area (Å²) in [6.07, 6.45) is -5.30. The van der Waals surface area contributed by atoms with Gasteiger partial charge in [0.05, 0.1) is 17.9 Å². The summed E-state index contributed by atoms with van der Waals surface area (Å²) in [5.41, 5.74) is -0.359. The lowest BCUT2D eigenvalue weighted by Crippen LogP contribution is -2.42. The number of sulfonamides is 1. The topological polar surface area (TPSA) is 114 Å². The van der Waals surface area contributed by atoms with Crippen LogP contribution in [0.15, 0.2) is 35.0 Å². The molecule has 0 amide bonds. The largest absolute Gasteiger partial charge is 0.415 e. The van der Waals surface area contributed by atoms with Crippen molar-refractivity contribution in [2.45, 2.75) is 18.6 Å². The Hall–Kier alpha value is -3.34. The molecule has 1 unspecified atom stereocenters. The van der Waals surface area contributed by atoms with Gasteiger partial charge in [-0.2, -0.15) is 26.3 Å². The zero-order valence-electron chi connectivity index (χ0n) is 17.5. The Labute approximate surface area is 193 Å². The first-order valence-corrected chi connectivity index (χ1v) is 11.2. The van der Waals surface area contributed by atoms with Gasteiger partial charge in [0, 0.05) is 30.6 Å². The van der Waals surface area contributed by atoms with E-state index >= 15 is 0 Å². The third-order valence-corrected chi connectivity index (χ3v) is 5.59. The van der Waals surface area contributed by atoms with Crippen LogP contribution in [-0.2, 0) is 10.0 Å². The molecule has 0 radical (unpaired) electrons. The van der Waals surface area contributed by atoms with E-state index in [1.807, 2.05) is 0 Å². The highest BCUT2D eigenvalue weighted by Gasteiger charge is 2.36. The summed E-state index contributed by atoms with van der Waals surface area (Å²) < 4.78 is 121. The second-order valence-electron chi connectivity index (χ2n) is 7.07. The van der Waals surface area contributed by atoms with Gasteiger partial charge in [-0.1, -0.05) is 6.07 Å². The lowest BCUT2D eigenvalue weighted by atomic mass is 10.1. The lowest BCUT2D eigenvalue weighted by molar-refractivity contribution is -0.136. The summed E-state index contributed by atoms with van der Waals surface area (Å²) in [6.45, 7) is -2.79. The first-order chi connectivity index (χ1) is 16.2. The molecule has 3 rings (SSSR count). The minimum Gasteiger partial charge on any atom is -0.415 e. The van der Waals surface area contributed by atoms with Gasteiger partial charge in [0.25, 0.3) is 11.8 Å². The molecule has 190 valence electrons. The van der Waals surface area contributed by atoms with Crippen molar-refractivity contribution < 1.29 is 43.6 Å². The average molecular weight is 528 g/mol. The van der Waals surface area contributed by atoms with Crippen LogP contribution in [0.4, 0.5) is 36.7 Å². The summed E-state index contributed by atoms with van der Waals surface area (Å²) in [6, 6.07) is 0.738. The van der Waals surface area contributed by atoms with Crippen LogP contribution >= 0.6 is 0 Å². The lowest BCUT2D eigenvalue weighted by Gasteiger charge is -2.27. The van der Waals surface area contributed by atoms with Crippen LogP contribution in [-0.4, -0.2) is 58.4 Å². The number of hydrogen-bond donors (Lipinski definition) is 1. The second-order valence-corrected chi connectivity index (χ2v) is 9.06. The number of anilines is 1. The Balaban J connectivity index is 1.91. The van der Waals surface area contributed by atoms with Crippen molar-refractivity contribution in [3.05, 3.63) is 53.7 Å². The molecule has 0 aliphatic rings. The molecule has 35 heavy (non-hydrogen) atoms. The van der Waals surface area contributed by atoms with Gasteiger partial charge < -0.3 is 9.73 Å². The van der Waals surface area contributed by atoms with Crippen LogP contribution in [0.25, 0.3) is 11.5 Å². The molecule has 3 aromatic rings. The molecule has 9 nitrogen and oxygen atoms in total. The molecule has 2 heterocycles. The number of hydrogen-bond acceptors (Lipinski definition) is 8. The van der Waals surface area contributed by atoms with Crippen molar-refractivity contribution in [2.75, 3.05) is 24.7 Å². The molecular weight excluding hydrogens is 513 g/mol. The standard InChI is InChI=1S/C18H15F7N6O3S/c1-35(32,33)31(8-18(23,24)25)7-13(11-3-2-10(19)4-12(11)20)28-17-26-5-9(6-27-17)15-29-30-16(34-15)14(21)22/h2-6,13-14H,7-8H2,1H3,(H,26,27,28). The molecule has 0 bridgehead atoms. The third kappa shape index (κ3) is 7.08. The summed E-state index contributed by atoms with van der Waals surface area (Å²) in [4.78, 5) is 7.68. The number of nitrogens with zero attached hydrogens (tertiary/aromatic N) is 5. The number of nitrogens with one attached hydrogen (secondary N) is 1. The average Bonchev–Trinajstić information content (AvgIpc) is 3.22. The van der Waals surface area contributed by atoms with E-state index in [1.54, 1.807) is 0 Å². The van der Waals surface area contributed by atoms with Gasteiger partial charge in [-0.15, -0.1) is 10.2 Å². The van der Waals surface area contributed by atoms with Gasteiger partial charge in [0.2, 0.25) is 16.0 Å².